The third-order valence-corrected chi connectivity index (χ3v) is 3.47. The molecule has 0 N–H and O–H groups in total. The lowest BCUT2D eigenvalue weighted by molar-refractivity contribution is 0.628. The minimum Gasteiger partial charge on any atom is -0.228 e. The zero-order valence-electron chi connectivity index (χ0n) is 11.1. The van der Waals surface area contributed by atoms with Crippen LogP contribution < -0.4 is 0 Å². The highest BCUT2D eigenvalue weighted by molar-refractivity contribution is 6.34. The summed E-state index contributed by atoms with van der Waals surface area (Å²) in [7, 11) is 0. The number of nitrogens with zero attached hydrogens (tertiary/aromatic N) is 2. The standard InChI is InChI=1S/C16H12ClFN2/c1-9-7-10(2)14-13(8-9)19-16(20-15(14)17)11-3-5-12(18)6-4-11/h3-8H,1-2H3. The molecule has 0 aliphatic heterocycles. The van der Waals surface area contributed by atoms with Gasteiger partial charge in [0.2, 0.25) is 0 Å². The fraction of sp³-hybridized carbons (Fsp3) is 0.125. The van der Waals surface area contributed by atoms with Gasteiger partial charge in [-0.05, 0) is 55.3 Å². The van der Waals surface area contributed by atoms with Crippen molar-refractivity contribution in [1.82, 2.24) is 9.97 Å². The summed E-state index contributed by atoms with van der Waals surface area (Å²) in [4.78, 5) is 8.86. The number of benzene rings is 2. The molecule has 4 heteroatoms. The van der Waals surface area contributed by atoms with E-state index in [-0.39, 0.29) is 5.82 Å². The molecule has 0 amide bonds. The SMILES string of the molecule is Cc1cc(C)c2c(Cl)nc(-c3ccc(F)cc3)nc2c1. The first-order valence-corrected chi connectivity index (χ1v) is 6.63. The highest BCUT2D eigenvalue weighted by Crippen LogP contribution is 2.28. The van der Waals surface area contributed by atoms with Crippen molar-refractivity contribution in [3.8, 4) is 11.4 Å². The Labute approximate surface area is 121 Å². The Morgan fingerprint density at radius 2 is 1.70 bits per heavy atom. The number of aromatic nitrogens is 2. The number of rotatable bonds is 1. The van der Waals surface area contributed by atoms with E-state index in [0.29, 0.717) is 11.0 Å². The van der Waals surface area contributed by atoms with Crippen LogP contribution in [0, 0.1) is 19.7 Å². The second kappa shape index (κ2) is 4.84. The van der Waals surface area contributed by atoms with E-state index in [1.165, 1.54) is 12.1 Å². The zero-order chi connectivity index (χ0) is 14.3. The molecule has 0 radical (unpaired) electrons. The van der Waals surface area contributed by atoms with Gasteiger partial charge in [0.25, 0.3) is 0 Å². The van der Waals surface area contributed by atoms with Gasteiger partial charge in [-0.2, -0.15) is 0 Å². The van der Waals surface area contributed by atoms with Gasteiger partial charge in [0, 0.05) is 10.9 Å². The van der Waals surface area contributed by atoms with Crippen molar-refractivity contribution in [3.05, 3.63) is 58.5 Å². The van der Waals surface area contributed by atoms with E-state index < -0.39 is 0 Å². The maximum Gasteiger partial charge on any atom is 0.161 e. The van der Waals surface area contributed by atoms with E-state index in [0.717, 1.165) is 27.6 Å². The van der Waals surface area contributed by atoms with Gasteiger partial charge in [-0.1, -0.05) is 17.7 Å². The molecule has 0 unspecified atom stereocenters. The lowest BCUT2D eigenvalue weighted by atomic mass is 10.1. The molecule has 2 nitrogen and oxygen atoms in total. The number of hydrogen-bond donors (Lipinski definition) is 0. The third-order valence-electron chi connectivity index (χ3n) is 3.20. The predicted molar refractivity (Wildman–Crippen MR) is 79.4 cm³/mol. The minimum atomic E-state index is -0.285. The number of halogens is 2. The molecule has 20 heavy (non-hydrogen) atoms. The summed E-state index contributed by atoms with van der Waals surface area (Å²) >= 11 is 6.28. The maximum atomic E-state index is 13.0. The van der Waals surface area contributed by atoms with Crippen LogP contribution in [0.3, 0.4) is 0 Å². The van der Waals surface area contributed by atoms with Crippen molar-refractivity contribution >= 4 is 22.5 Å². The molecule has 0 aliphatic carbocycles. The van der Waals surface area contributed by atoms with E-state index in [1.807, 2.05) is 19.9 Å². The minimum absolute atomic E-state index is 0.285. The van der Waals surface area contributed by atoms with Crippen molar-refractivity contribution < 1.29 is 4.39 Å². The molecule has 3 aromatic rings. The van der Waals surface area contributed by atoms with E-state index in [2.05, 4.69) is 16.0 Å². The Kier molecular flexibility index (Phi) is 3.14. The zero-order valence-corrected chi connectivity index (χ0v) is 11.9. The van der Waals surface area contributed by atoms with Crippen molar-refractivity contribution in [1.29, 1.82) is 0 Å². The first kappa shape index (κ1) is 13.0. The summed E-state index contributed by atoms with van der Waals surface area (Å²) in [6.07, 6.45) is 0. The van der Waals surface area contributed by atoms with Gasteiger partial charge in [0.15, 0.2) is 5.82 Å². The lowest BCUT2D eigenvalue weighted by Gasteiger charge is -2.08. The second-order valence-electron chi connectivity index (χ2n) is 4.82. The fourth-order valence-corrected chi connectivity index (χ4v) is 2.64. The molecule has 0 fully saturated rings. The Balaban J connectivity index is 2.26. The molecule has 0 atom stereocenters. The molecule has 0 saturated carbocycles. The van der Waals surface area contributed by atoms with Crippen LogP contribution >= 0.6 is 11.6 Å². The maximum absolute atomic E-state index is 13.0. The van der Waals surface area contributed by atoms with Crippen LogP contribution in [-0.4, -0.2) is 9.97 Å². The average Bonchev–Trinajstić information content (AvgIpc) is 2.38. The Morgan fingerprint density at radius 3 is 2.40 bits per heavy atom. The summed E-state index contributed by atoms with van der Waals surface area (Å²) in [5.41, 5.74) is 3.72. The highest BCUT2D eigenvalue weighted by atomic mass is 35.5. The van der Waals surface area contributed by atoms with Gasteiger partial charge < -0.3 is 0 Å². The fourth-order valence-electron chi connectivity index (χ4n) is 2.32. The third kappa shape index (κ3) is 2.25. The Bertz CT molecular complexity index is 798. The van der Waals surface area contributed by atoms with Crippen molar-refractivity contribution in [3.63, 3.8) is 0 Å². The number of aryl methyl sites for hydroxylation is 2. The molecule has 2 aromatic carbocycles. The summed E-state index contributed by atoms with van der Waals surface area (Å²) in [6.45, 7) is 4.00. The Morgan fingerprint density at radius 1 is 1.00 bits per heavy atom. The number of fused-ring (bicyclic) bond motifs is 1. The van der Waals surface area contributed by atoms with Crippen LogP contribution in [0.15, 0.2) is 36.4 Å². The van der Waals surface area contributed by atoms with Gasteiger partial charge in [-0.25, -0.2) is 14.4 Å². The first-order valence-electron chi connectivity index (χ1n) is 6.25. The summed E-state index contributed by atoms with van der Waals surface area (Å²) in [5.74, 6) is 0.222. The Hall–Kier alpha value is -2.00. The van der Waals surface area contributed by atoms with Crippen LogP contribution in [-0.2, 0) is 0 Å². The molecule has 0 aliphatic rings. The monoisotopic (exact) mass is 286 g/mol. The smallest absolute Gasteiger partial charge is 0.161 e. The average molecular weight is 287 g/mol. The molecule has 1 heterocycles. The molecule has 0 bridgehead atoms. The largest absolute Gasteiger partial charge is 0.228 e. The topological polar surface area (TPSA) is 25.8 Å². The van der Waals surface area contributed by atoms with Crippen molar-refractivity contribution in [2.45, 2.75) is 13.8 Å². The van der Waals surface area contributed by atoms with Crippen LogP contribution in [0.5, 0.6) is 0 Å². The molecule has 1 aromatic heterocycles. The van der Waals surface area contributed by atoms with Crippen LogP contribution in [0.1, 0.15) is 11.1 Å². The van der Waals surface area contributed by atoms with Gasteiger partial charge >= 0.3 is 0 Å². The highest BCUT2D eigenvalue weighted by Gasteiger charge is 2.10. The van der Waals surface area contributed by atoms with E-state index >= 15 is 0 Å². The first-order chi connectivity index (χ1) is 9.54. The van der Waals surface area contributed by atoms with Gasteiger partial charge in [-0.3, -0.25) is 0 Å². The summed E-state index contributed by atoms with van der Waals surface area (Å²) < 4.78 is 13.0. The summed E-state index contributed by atoms with van der Waals surface area (Å²) in [6, 6.07) is 10.1. The normalized spacial score (nSPS) is 11.0. The second-order valence-corrected chi connectivity index (χ2v) is 5.18. The van der Waals surface area contributed by atoms with Crippen LogP contribution in [0.25, 0.3) is 22.3 Å². The van der Waals surface area contributed by atoms with E-state index in [1.54, 1.807) is 12.1 Å². The molecule has 100 valence electrons. The van der Waals surface area contributed by atoms with E-state index in [9.17, 15) is 4.39 Å². The van der Waals surface area contributed by atoms with Crippen molar-refractivity contribution in [2.24, 2.45) is 0 Å². The quantitative estimate of drug-likeness (QED) is 0.606. The predicted octanol–water partition coefficient (Wildman–Crippen LogP) is 4.71. The van der Waals surface area contributed by atoms with Crippen LogP contribution in [0.4, 0.5) is 4.39 Å². The van der Waals surface area contributed by atoms with Gasteiger partial charge in [0.1, 0.15) is 11.0 Å². The van der Waals surface area contributed by atoms with Gasteiger partial charge in [0.05, 0.1) is 5.52 Å². The molecule has 0 spiro atoms. The molecule has 3 rings (SSSR count). The van der Waals surface area contributed by atoms with E-state index in [4.69, 9.17) is 11.6 Å². The van der Waals surface area contributed by atoms with Crippen LogP contribution in [0.2, 0.25) is 5.15 Å². The lowest BCUT2D eigenvalue weighted by Crippen LogP contribution is -1.94. The number of hydrogen-bond acceptors (Lipinski definition) is 2. The molecule has 0 saturated heterocycles. The summed E-state index contributed by atoms with van der Waals surface area (Å²) in [5, 5.41) is 1.29. The molecular formula is C16H12ClFN2. The molecular weight excluding hydrogens is 275 g/mol. The van der Waals surface area contributed by atoms with Crippen molar-refractivity contribution in [2.75, 3.05) is 0 Å². The van der Waals surface area contributed by atoms with Gasteiger partial charge in [-0.15, -0.1) is 0 Å².